The van der Waals surface area contributed by atoms with Gasteiger partial charge in [-0.05, 0) is 47.9 Å². The fourth-order valence-electron chi connectivity index (χ4n) is 2.90. The fourth-order valence-corrected chi connectivity index (χ4v) is 3.14. The van der Waals surface area contributed by atoms with Crippen LogP contribution in [0.15, 0.2) is 42.5 Å². The molecule has 3 rings (SSSR count). The molecule has 0 radical (unpaired) electrons. The molecule has 0 unspecified atom stereocenters. The molecular formula is C20H18ClFO3. The number of ether oxygens (including phenoxy) is 1. The summed E-state index contributed by atoms with van der Waals surface area (Å²) in [5.74, 6) is -0.673. The number of carbonyl (C=O) groups excluding carboxylic acids is 1. The lowest BCUT2D eigenvalue weighted by atomic mass is 9.97. The average molecular weight is 361 g/mol. The van der Waals surface area contributed by atoms with Gasteiger partial charge < -0.3 is 9.84 Å². The van der Waals surface area contributed by atoms with Gasteiger partial charge in [-0.3, -0.25) is 4.79 Å². The van der Waals surface area contributed by atoms with E-state index in [1.165, 1.54) is 6.07 Å². The van der Waals surface area contributed by atoms with Gasteiger partial charge in [0.1, 0.15) is 11.9 Å². The van der Waals surface area contributed by atoms with Crippen molar-refractivity contribution in [3.8, 4) is 11.1 Å². The van der Waals surface area contributed by atoms with Crippen LogP contribution in [0.2, 0.25) is 5.02 Å². The molecule has 25 heavy (non-hydrogen) atoms. The second-order valence-electron chi connectivity index (χ2n) is 6.15. The molecule has 0 spiro atoms. The summed E-state index contributed by atoms with van der Waals surface area (Å²) in [5.41, 5.74) is 3.01. The molecule has 1 aliphatic rings. The molecule has 1 aliphatic heterocycles. The Bertz CT molecular complexity index is 832. The third-order valence-corrected chi connectivity index (χ3v) is 4.52. The maximum absolute atomic E-state index is 13.5. The monoisotopic (exact) mass is 360 g/mol. The minimum atomic E-state index is -0.693. The number of rotatable bonds is 3. The summed E-state index contributed by atoms with van der Waals surface area (Å²) < 4.78 is 18.8. The number of aryl methyl sites for hydroxylation is 1. The highest BCUT2D eigenvalue weighted by Gasteiger charge is 2.25. The van der Waals surface area contributed by atoms with Crippen LogP contribution in [0.3, 0.4) is 0 Å². The van der Waals surface area contributed by atoms with Gasteiger partial charge in [0.25, 0.3) is 0 Å². The molecule has 0 aromatic heterocycles. The molecule has 0 amide bonds. The molecule has 1 heterocycles. The molecule has 2 atom stereocenters. The Kier molecular flexibility index (Phi) is 5.21. The first-order valence-corrected chi connectivity index (χ1v) is 8.42. The highest BCUT2D eigenvalue weighted by atomic mass is 35.5. The lowest BCUT2D eigenvalue weighted by molar-refractivity contribution is -0.156. The van der Waals surface area contributed by atoms with Crippen LogP contribution in [0.4, 0.5) is 4.39 Å². The van der Waals surface area contributed by atoms with E-state index in [0.717, 1.165) is 16.7 Å². The molecule has 1 N–H and O–H groups in total. The van der Waals surface area contributed by atoms with E-state index in [1.807, 2.05) is 12.1 Å². The lowest BCUT2D eigenvalue weighted by Gasteiger charge is -2.23. The van der Waals surface area contributed by atoms with Crippen LogP contribution in [0, 0.1) is 12.7 Å². The van der Waals surface area contributed by atoms with Crippen molar-refractivity contribution in [1.82, 2.24) is 0 Å². The molecule has 130 valence electrons. The van der Waals surface area contributed by atoms with Crippen molar-refractivity contribution in [3.63, 3.8) is 0 Å². The zero-order valence-electron chi connectivity index (χ0n) is 13.7. The summed E-state index contributed by atoms with van der Waals surface area (Å²) in [5, 5.41) is 10.2. The van der Waals surface area contributed by atoms with Gasteiger partial charge in [0, 0.05) is 17.0 Å². The first kappa shape index (κ1) is 17.6. The number of cyclic esters (lactones) is 1. The first-order chi connectivity index (χ1) is 11.9. The van der Waals surface area contributed by atoms with E-state index < -0.39 is 18.2 Å². The van der Waals surface area contributed by atoms with Crippen molar-refractivity contribution in [2.75, 3.05) is 0 Å². The number of aliphatic hydroxyl groups excluding tert-OH is 1. The highest BCUT2D eigenvalue weighted by Crippen LogP contribution is 2.32. The Morgan fingerprint density at radius 3 is 2.84 bits per heavy atom. The minimum Gasteiger partial charge on any atom is -0.458 e. The third kappa shape index (κ3) is 4.09. The average Bonchev–Trinajstić information content (AvgIpc) is 2.55. The summed E-state index contributed by atoms with van der Waals surface area (Å²) in [4.78, 5) is 11.4. The van der Waals surface area contributed by atoms with E-state index in [1.54, 1.807) is 37.3 Å². The predicted octanol–water partition coefficient (Wildman–Crippen LogP) is 4.53. The largest absolute Gasteiger partial charge is 0.458 e. The Morgan fingerprint density at radius 1 is 1.32 bits per heavy atom. The van der Waals surface area contributed by atoms with Crippen molar-refractivity contribution >= 4 is 23.6 Å². The maximum Gasteiger partial charge on any atom is 0.309 e. The summed E-state index contributed by atoms with van der Waals surface area (Å²) in [6.45, 7) is 1.71. The number of benzene rings is 2. The van der Waals surface area contributed by atoms with E-state index in [2.05, 4.69) is 0 Å². The standard InChI is InChI=1S/C20H18ClFO3/c1-12-9-13(5-8-19(12)22)16-3-2-4-18(21)17(16)7-6-15-10-14(23)11-20(24)25-15/h2-9,14-15,23H,10-11H2,1H3/b7-6+/t14-,15-/m1/s1. The molecule has 0 aliphatic carbocycles. The van der Waals surface area contributed by atoms with Gasteiger partial charge in [-0.25, -0.2) is 4.39 Å². The number of esters is 1. The second kappa shape index (κ2) is 7.38. The summed E-state index contributed by atoms with van der Waals surface area (Å²) in [7, 11) is 0. The van der Waals surface area contributed by atoms with Crippen molar-refractivity contribution in [3.05, 3.63) is 64.4 Å². The lowest BCUT2D eigenvalue weighted by Crippen LogP contribution is -2.31. The zero-order valence-corrected chi connectivity index (χ0v) is 14.5. The van der Waals surface area contributed by atoms with E-state index in [0.29, 0.717) is 17.0 Å². The van der Waals surface area contributed by atoms with Crippen molar-refractivity contribution in [1.29, 1.82) is 0 Å². The summed E-state index contributed by atoms with van der Waals surface area (Å²) >= 11 is 6.34. The van der Waals surface area contributed by atoms with Gasteiger partial charge in [0.05, 0.1) is 12.5 Å². The molecule has 2 aromatic carbocycles. The van der Waals surface area contributed by atoms with E-state index in [-0.39, 0.29) is 12.2 Å². The number of aliphatic hydroxyl groups is 1. The number of carbonyl (C=O) groups is 1. The van der Waals surface area contributed by atoms with Gasteiger partial charge in [-0.15, -0.1) is 0 Å². The quantitative estimate of drug-likeness (QED) is 0.818. The van der Waals surface area contributed by atoms with Crippen LogP contribution in [0.1, 0.15) is 24.0 Å². The van der Waals surface area contributed by atoms with Gasteiger partial charge in [0.2, 0.25) is 0 Å². The van der Waals surface area contributed by atoms with Crippen molar-refractivity contribution < 1.29 is 19.0 Å². The Labute approximate surface area is 150 Å². The number of halogens is 2. The molecule has 2 aromatic rings. The van der Waals surface area contributed by atoms with Crippen LogP contribution in [-0.4, -0.2) is 23.3 Å². The van der Waals surface area contributed by atoms with E-state index in [9.17, 15) is 14.3 Å². The fraction of sp³-hybridized carbons (Fsp3) is 0.250. The SMILES string of the molecule is Cc1cc(-c2cccc(Cl)c2/C=C/[C@@H]2C[C@@H](O)CC(=O)O2)ccc1F. The predicted molar refractivity (Wildman–Crippen MR) is 95.7 cm³/mol. The third-order valence-electron chi connectivity index (χ3n) is 4.19. The second-order valence-corrected chi connectivity index (χ2v) is 6.55. The smallest absolute Gasteiger partial charge is 0.309 e. The summed E-state index contributed by atoms with van der Waals surface area (Å²) in [6, 6.07) is 10.4. The number of hydrogen-bond donors (Lipinski definition) is 1. The zero-order chi connectivity index (χ0) is 18.0. The molecule has 1 fully saturated rings. The van der Waals surface area contributed by atoms with Crippen molar-refractivity contribution in [2.45, 2.75) is 32.0 Å². The molecule has 5 heteroatoms. The van der Waals surface area contributed by atoms with Crippen LogP contribution in [0.25, 0.3) is 17.2 Å². The van der Waals surface area contributed by atoms with Gasteiger partial charge >= 0.3 is 5.97 Å². The van der Waals surface area contributed by atoms with Crippen LogP contribution in [0.5, 0.6) is 0 Å². The molecule has 1 saturated heterocycles. The normalized spacial score (nSPS) is 20.7. The molecular weight excluding hydrogens is 343 g/mol. The molecule has 3 nitrogen and oxygen atoms in total. The van der Waals surface area contributed by atoms with Gasteiger partial charge in [-0.2, -0.15) is 0 Å². The minimum absolute atomic E-state index is 0.0243. The molecule has 0 bridgehead atoms. The van der Waals surface area contributed by atoms with Gasteiger partial charge in [-0.1, -0.05) is 35.9 Å². The molecule has 0 saturated carbocycles. The maximum atomic E-state index is 13.5. The highest BCUT2D eigenvalue weighted by molar-refractivity contribution is 6.32. The van der Waals surface area contributed by atoms with E-state index >= 15 is 0 Å². The van der Waals surface area contributed by atoms with Gasteiger partial charge in [0.15, 0.2) is 0 Å². The topological polar surface area (TPSA) is 46.5 Å². The first-order valence-electron chi connectivity index (χ1n) is 8.05. The van der Waals surface area contributed by atoms with E-state index in [4.69, 9.17) is 16.3 Å². The summed E-state index contributed by atoms with van der Waals surface area (Å²) in [6.07, 6.45) is 2.71. The number of hydrogen-bond acceptors (Lipinski definition) is 3. The Hall–Kier alpha value is -2.17. The van der Waals surface area contributed by atoms with Crippen LogP contribution >= 0.6 is 11.6 Å². The Morgan fingerprint density at radius 2 is 2.12 bits per heavy atom. The Balaban J connectivity index is 1.94. The van der Waals surface area contributed by atoms with Crippen LogP contribution < -0.4 is 0 Å². The van der Waals surface area contributed by atoms with Crippen LogP contribution in [-0.2, 0) is 9.53 Å². The van der Waals surface area contributed by atoms with Crippen molar-refractivity contribution in [2.24, 2.45) is 0 Å².